The molecule has 1 aliphatic rings. The van der Waals surface area contributed by atoms with Gasteiger partial charge in [0, 0.05) is 5.92 Å². The van der Waals surface area contributed by atoms with Gasteiger partial charge in [-0.1, -0.05) is 24.3 Å². The van der Waals surface area contributed by atoms with E-state index in [9.17, 15) is 4.79 Å². The van der Waals surface area contributed by atoms with Crippen LogP contribution in [0.4, 0.5) is 0 Å². The number of carbonyl (C=O) groups is 1. The van der Waals surface area contributed by atoms with Crippen LogP contribution in [0.3, 0.4) is 0 Å². The van der Waals surface area contributed by atoms with Gasteiger partial charge in [-0.15, -0.1) is 0 Å². The molecule has 84 valence electrons. The summed E-state index contributed by atoms with van der Waals surface area (Å²) in [5, 5.41) is 0. The fourth-order valence-electron chi connectivity index (χ4n) is 1.62. The monoisotopic (exact) mass is 218 g/mol. The van der Waals surface area contributed by atoms with Gasteiger partial charge in [0.05, 0.1) is 20.1 Å². The highest BCUT2D eigenvalue weighted by atomic mass is 16.5. The molecule has 1 heterocycles. The third kappa shape index (κ3) is 2.63. The molecular formula is C13H14O3. The lowest BCUT2D eigenvalue weighted by atomic mass is 10.1. The zero-order chi connectivity index (χ0) is 11.4. The number of esters is 1. The standard InChI is InChI=1S/C13H14O3/c1-15-12-6-4-10(5-7-12)2-3-11-8-13(14)16-9-11/h2-7,11H,8-9H2,1H3/t11-/m0/s1. The Morgan fingerprint density at radius 1 is 1.38 bits per heavy atom. The van der Waals surface area contributed by atoms with E-state index in [1.54, 1.807) is 7.11 Å². The van der Waals surface area contributed by atoms with Crippen molar-refractivity contribution in [1.82, 2.24) is 0 Å². The number of rotatable bonds is 3. The Bertz CT molecular complexity index is 392. The van der Waals surface area contributed by atoms with E-state index in [0.29, 0.717) is 13.0 Å². The van der Waals surface area contributed by atoms with Gasteiger partial charge in [0.2, 0.25) is 0 Å². The number of hydrogen-bond acceptors (Lipinski definition) is 3. The molecule has 1 saturated heterocycles. The molecule has 0 aromatic heterocycles. The molecule has 0 amide bonds. The molecule has 1 fully saturated rings. The largest absolute Gasteiger partial charge is 0.497 e. The highest BCUT2D eigenvalue weighted by molar-refractivity contribution is 5.72. The average molecular weight is 218 g/mol. The van der Waals surface area contributed by atoms with Crippen LogP contribution in [0.1, 0.15) is 12.0 Å². The Morgan fingerprint density at radius 3 is 2.69 bits per heavy atom. The maximum atomic E-state index is 10.9. The molecule has 3 heteroatoms. The summed E-state index contributed by atoms with van der Waals surface area (Å²) in [7, 11) is 1.65. The number of cyclic esters (lactones) is 1. The molecule has 3 nitrogen and oxygen atoms in total. The number of benzene rings is 1. The van der Waals surface area contributed by atoms with Crippen LogP contribution in [0.2, 0.25) is 0 Å². The number of ether oxygens (including phenoxy) is 2. The first-order valence-electron chi connectivity index (χ1n) is 5.26. The molecule has 1 atom stereocenters. The first-order valence-corrected chi connectivity index (χ1v) is 5.26. The van der Waals surface area contributed by atoms with E-state index >= 15 is 0 Å². The summed E-state index contributed by atoms with van der Waals surface area (Å²) in [6.07, 6.45) is 4.52. The molecule has 2 rings (SSSR count). The second-order valence-corrected chi connectivity index (χ2v) is 3.78. The fourth-order valence-corrected chi connectivity index (χ4v) is 1.62. The number of carbonyl (C=O) groups excluding carboxylic acids is 1. The third-order valence-corrected chi connectivity index (χ3v) is 2.56. The molecule has 1 aromatic rings. The maximum absolute atomic E-state index is 10.9. The molecule has 0 unspecified atom stereocenters. The lowest BCUT2D eigenvalue weighted by Gasteiger charge is -2.00. The second-order valence-electron chi connectivity index (χ2n) is 3.78. The highest BCUT2D eigenvalue weighted by Crippen LogP contribution is 2.18. The summed E-state index contributed by atoms with van der Waals surface area (Å²) in [6, 6.07) is 7.78. The van der Waals surface area contributed by atoms with E-state index in [1.165, 1.54) is 0 Å². The molecular weight excluding hydrogens is 204 g/mol. The number of hydrogen-bond donors (Lipinski definition) is 0. The first kappa shape index (κ1) is 10.7. The van der Waals surface area contributed by atoms with E-state index in [2.05, 4.69) is 0 Å². The molecule has 16 heavy (non-hydrogen) atoms. The van der Waals surface area contributed by atoms with Crippen molar-refractivity contribution in [3.8, 4) is 5.75 Å². The Hall–Kier alpha value is -1.77. The van der Waals surface area contributed by atoms with E-state index < -0.39 is 0 Å². The number of methoxy groups -OCH3 is 1. The Kier molecular flexibility index (Phi) is 3.25. The first-order chi connectivity index (χ1) is 7.78. The van der Waals surface area contributed by atoms with Crippen LogP contribution in [0.15, 0.2) is 30.3 Å². The lowest BCUT2D eigenvalue weighted by molar-refractivity contribution is -0.137. The van der Waals surface area contributed by atoms with Gasteiger partial charge in [-0.3, -0.25) is 4.79 Å². The van der Waals surface area contributed by atoms with Gasteiger partial charge >= 0.3 is 5.97 Å². The minimum absolute atomic E-state index is 0.107. The predicted octanol–water partition coefficient (Wildman–Crippen LogP) is 2.27. The van der Waals surface area contributed by atoms with Crippen LogP contribution in [-0.2, 0) is 9.53 Å². The molecule has 0 aliphatic carbocycles. The summed E-state index contributed by atoms with van der Waals surface area (Å²) in [5.74, 6) is 0.954. The Balaban J connectivity index is 1.97. The van der Waals surface area contributed by atoms with E-state index in [0.717, 1.165) is 11.3 Å². The van der Waals surface area contributed by atoms with Gasteiger partial charge in [0.25, 0.3) is 0 Å². The minimum Gasteiger partial charge on any atom is -0.497 e. The van der Waals surface area contributed by atoms with Crippen LogP contribution in [0, 0.1) is 5.92 Å². The van der Waals surface area contributed by atoms with Crippen molar-refractivity contribution >= 4 is 12.0 Å². The Morgan fingerprint density at radius 2 is 2.12 bits per heavy atom. The van der Waals surface area contributed by atoms with Gasteiger partial charge < -0.3 is 9.47 Å². The van der Waals surface area contributed by atoms with E-state index in [-0.39, 0.29) is 11.9 Å². The van der Waals surface area contributed by atoms with Crippen molar-refractivity contribution in [2.45, 2.75) is 6.42 Å². The average Bonchev–Trinajstić information content (AvgIpc) is 2.73. The molecule has 1 aromatic carbocycles. The second kappa shape index (κ2) is 4.84. The van der Waals surface area contributed by atoms with Crippen molar-refractivity contribution in [3.05, 3.63) is 35.9 Å². The van der Waals surface area contributed by atoms with Crippen LogP contribution < -0.4 is 4.74 Å². The fraction of sp³-hybridized carbons (Fsp3) is 0.308. The molecule has 0 saturated carbocycles. The normalized spacial score (nSPS) is 20.1. The quantitative estimate of drug-likeness (QED) is 0.730. The molecule has 0 bridgehead atoms. The minimum atomic E-state index is -0.107. The molecule has 0 radical (unpaired) electrons. The molecule has 0 N–H and O–H groups in total. The van der Waals surface area contributed by atoms with Crippen LogP contribution in [-0.4, -0.2) is 19.7 Å². The molecule has 0 spiro atoms. The summed E-state index contributed by atoms with van der Waals surface area (Å²) < 4.78 is 9.95. The van der Waals surface area contributed by atoms with Gasteiger partial charge in [0.15, 0.2) is 0 Å². The topological polar surface area (TPSA) is 35.5 Å². The molecule has 1 aliphatic heterocycles. The van der Waals surface area contributed by atoms with Crippen molar-refractivity contribution in [1.29, 1.82) is 0 Å². The van der Waals surface area contributed by atoms with Gasteiger partial charge in [-0.25, -0.2) is 0 Å². The van der Waals surface area contributed by atoms with Crippen LogP contribution in [0.5, 0.6) is 5.75 Å². The maximum Gasteiger partial charge on any atom is 0.306 e. The van der Waals surface area contributed by atoms with Crippen LogP contribution >= 0.6 is 0 Å². The summed E-state index contributed by atoms with van der Waals surface area (Å²) in [6.45, 7) is 0.505. The third-order valence-electron chi connectivity index (χ3n) is 2.56. The SMILES string of the molecule is COc1ccc(C=C[C@@H]2COC(=O)C2)cc1. The lowest BCUT2D eigenvalue weighted by Crippen LogP contribution is -1.92. The van der Waals surface area contributed by atoms with E-state index in [1.807, 2.05) is 36.4 Å². The van der Waals surface area contributed by atoms with Gasteiger partial charge in [-0.2, -0.15) is 0 Å². The van der Waals surface area contributed by atoms with E-state index in [4.69, 9.17) is 9.47 Å². The highest BCUT2D eigenvalue weighted by Gasteiger charge is 2.20. The summed E-state index contributed by atoms with van der Waals surface area (Å²) >= 11 is 0. The summed E-state index contributed by atoms with van der Waals surface area (Å²) in [4.78, 5) is 10.9. The zero-order valence-corrected chi connectivity index (χ0v) is 9.18. The van der Waals surface area contributed by atoms with Gasteiger partial charge in [0.1, 0.15) is 5.75 Å². The zero-order valence-electron chi connectivity index (χ0n) is 9.18. The predicted molar refractivity (Wildman–Crippen MR) is 61.1 cm³/mol. The van der Waals surface area contributed by atoms with Crippen molar-refractivity contribution in [3.63, 3.8) is 0 Å². The van der Waals surface area contributed by atoms with Crippen molar-refractivity contribution < 1.29 is 14.3 Å². The Labute approximate surface area is 94.7 Å². The van der Waals surface area contributed by atoms with Crippen LogP contribution in [0.25, 0.3) is 6.08 Å². The smallest absolute Gasteiger partial charge is 0.306 e. The van der Waals surface area contributed by atoms with Gasteiger partial charge in [-0.05, 0) is 17.7 Å². The van der Waals surface area contributed by atoms with Crippen molar-refractivity contribution in [2.75, 3.05) is 13.7 Å². The van der Waals surface area contributed by atoms with Crippen molar-refractivity contribution in [2.24, 2.45) is 5.92 Å². The summed E-state index contributed by atoms with van der Waals surface area (Å²) in [5.41, 5.74) is 1.10.